The maximum Gasteiger partial charge on any atom is 0.389 e. The molecule has 0 radical (unpaired) electrons. The number of fused-ring (bicyclic) bond motifs is 1. The van der Waals surface area contributed by atoms with Gasteiger partial charge < -0.3 is 4.74 Å². The van der Waals surface area contributed by atoms with Crippen molar-refractivity contribution in [3.05, 3.63) is 42.0 Å². The van der Waals surface area contributed by atoms with Crippen molar-refractivity contribution < 1.29 is 22.7 Å². The summed E-state index contributed by atoms with van der Waals surface area (Å²) in [6.07, 6.45) is -5.97. The first-order chi connectivity index (χ1) is 9.42. The molecule has 0 aliphatic carbocycles. The molecule has 0 atom stereocenters. The molecule has 2 aromatic carbocycles. The van der Waals surface area contributed by atoms with Crippen LogP contribution >= 0.6 is 0 Å². The van der Waals surface area contributed by atoms with E-state index in [4.69, 9.17) is 4.74 Å². The van der Waals surface area contributed by atoms with Gasteiger partial charge in [0.05, 0.1) is 13.5 Å². The Kier molecular flexibility index (Phi) is 3.97. The summed E-state index contributed by atoms with van der Waals surface area (Å²) in [5.41, 5.74) is 0.297. The number of carbonyl (C=O) groups is 1. The predicted octanol–water partition coefficient (Wildman–Crippen LogP) is 4.37. The number of hydrogen-bond donors (Lipinski definition) is 0. The molecule has 2 aromatic rings. The predicted molar refractivity (Wildman–Crippen MR) is 70.1 cm³/mol. The number of alkyl halides is 3. The summed E-state index contributed by atoms with van der Waals surface area (Å²) in [7, 11) is 1.51. The monoisotopic (exact) mass is 282 g/mol. The minimum absolute atomic E-state index is 0.297. The van der Waals surface area contributed by atoms with Gasteiger partial charge in [0.25, 0.3) is 0 Å². The van der Waals surface area contributed by atoms with E-state index in [1.165, 1.54) is 13.2 Å². The Labute approximate surface area is 114 Å². The Bertz CT molecular complexity index is 633. The summed E-state index contributed by atoms with van der Waals surface area (Å²) < 4.78 is 41.8. The molecule has 0 spiro atoms. The van der Waals surface area contributed by atoms with Gasteiger partial charge in [-0.1, -0.05) is 24.3 Å². The summed E-state index contributed by atoms with van der Waals surface area (Å²) in [5.74, 6) is 0.0779. The summed E-state index contributed by atoms with van der Waals surface area (Å²) >= 11 is 0. The quantitative estimate of drug-likeness (QED) is 0.778. The third-order valence-corrected chi connectivity index (χ3v) is 3.04. The van der Waals surface area contributed by atoms with Gasteiger partial charge in [0.1, 0.15) is 5.75 Å². The third kappa shape index (κ3) is 3.10. The number of ether oxygens (including phenoxy) is 1. The molecule has 0 fully saturated rings. The second kappa shape index (κ2) is 5.53. The molecule has 0 aliphatic heterocycles. The van der Waals surface area contributed by atoms with Crippen LogP contribution in [-0.2, 0) is 0 Å². The van der Waals surface area contributed by atoms with Crippen LogP contribution < -0.4 is 4.74 Å². The lowest BCUT2D eigenvalue weighted by atomic mass is 9.98. The average Bonchev–Trinajstić information content (AvgIpc) is 2.42. The van der Waals surface area contributed by atoms with Gasteiger partial charge in [0, 0.05) is 17.4 Å². The fraction of sp³-hybridized carbons (Fsp3) is 0.267. The lowest BCUT2D eigenvalue weighted by Crippen LogP contribution is -2.11. The molecular formula is C15H13F3O2. The molecule has 20 heavy (non-hydrogen) atoms. The first kappa shape index (κ1) is 14.4. The Morgan fingerprint density at radius 2 is 1.75 bits per heavy atom. The average molecular weight is 282 g/mol. The van der Waals surface area contributed by atoms with E-state index in [1.807, 2.05) is 0 Å². The number of Topliss-reactive ketones (excluding diaryl/α,β-unsaturated/α-hetero) is 1. The largest absolute Gasteiger partial charge is 0.496 e. The zero-order valence-electron chi connectivity index (χ0n) is 10.8. The van der Waals surface area contributed by atoms with E-state index >= 15 is 0 Å². The topological polar surface area (TPSA) is 26.3 Å². The van der Waals surface area contributed by atoms with Crippen LogP contribution in [0.2, 0.25) is 0 Å². The standard InChI is InChI=1S/C15H13F3O2/c1-20-14-7-6-11(10-4-2-3-5-12(10)14)13(19)8-9-15(16,17)18/h2-7H,8-9H2,1H3. The SMILES string of the molecule is COc1ccc(C(=O)CCC(F)(F)F)c2ccccc12. The van der Waals surface area contributed by atoms with Crippen LogP contribution in [0.3, 0.4) is 0 Å². The number of carbonyl (C=O) groups excluding carboxylic acids is 1. The van der Waals surface area contributed by atoms with Crippen LogP contribution in [0.25, 0.3) is 10.8 Å². The summed E-state index contributed by atoms with van der Waals surface area (Å²) in [5, 5.41) is 1.33. The van der Waals surface area contributed by atoms with Crippen LogP contribution in [0.4, 0.5) is 13.2 Å². The minimum Gasteiger partial charge on any atom is -0.496 e. The number of hydrogen-bond acceptors (Lipinski definition) is 2. The molecule has 0 unspecified atom stereocenters. The van der Waals surface area contributed by atoms with Gasteiger partial charge in [0.2, 0.25) is 0 Å². The summed E-state index contributed by atoms with van der Waals surface area (Å²) in [6.45, 7) is 0. The van der Waals surface area contributed by atoms with Crippen LogP contribution in [-0.4, -0.2) is 19.1 Å². The molecule has 0 heterocycles. The summed E-state index contributed by atoms with van der Waals surface area (Å²) in [4.78, 5) is 12.0. The fourth-order valence-electron chi connectivity index (χ4n) is 2.08. The maximum absolute atomic E-state index is 12.2. The lowest BCUT2D eigenvalue weighted by molar-refractivity contribution is -0.133. The molecule has 2 rings (SSSR count). The number of methoxy groups -OCH3 is 1. The highest BCUT2D eigenvalue weighted by molar-refractivity contribution is 6.09. The third-order valence-electron chi connectivity index (χ3n) is 3.04. The molecule has 0 aromatic heterocycles. The zero-order valence-corrected chi connectivity index (χ0v) is 10.8. The second-order valence-electron chi connectivity index (χ2n) is 4.40. The zero-order chi connectivity index (χ0) is 14.8. The van der Waals surface area contributed by atoms with Crippen molar-refractivity contribution in [1.29, 1.82) is 0 Å². The molecule has 0 N–H and O–H groups in total. The van der Waals surface area contributed by atoms with Crippen LogP contribution in [0.1, 0.15) is 23.2 Å². The minimum atomic E-state index is -4.32. The fourth-order valence-corrected chi connectivity index (χ4v) is 2.08. The van der Waals surface area contributed by atoms with E-state index in [0.717, 1.165) is 0 Å². The second-order valence-corrected chi connectivity index (χ2v) is 4.40. The van der Waals surface area contributed by atoms with Gasteiger partial charge in [-0.05, 0) is 17.5 Å². The van der Waals surface area contributed by atoms with Gasteiger partial charge in [-0.3, -0.25) is 4.79 Å². The van der Waals surface area contributed by atoms with Crippen LogP contribution in [0.5, 0.6) is 5.75 Å². The van der Waals surface area contributed by atoms with Crippen LogP contribution in [0, 0.1) is 0 Å². The molecule has 2 nitrogen and oxygen atoms in total. The van der Waals surface area contributed by atoms with Crippen molar-refractivity contribution in [2.45, 2.75) is 19.0 Å². The smallest absolute Gasteiger partial charge is 0.389 e. The normalized spacial score (nSPS) is 11.6. The molecule has 5 heteroatoms. The Balaban J connectivity index is 2.38. The van der Waals surface area contributed by atoms with Crippen molar-refractivity contribution in [3.8, 4) is 5.75 Å². The van der Waals surface area contributed by atoms with Gasteiger partial charge in [0.15, 0.2) is 5.78 Å². The van der Waals surface area contributed by atoms with Crippen LogP contribution in [0.15, 0.2) is 36.4 Å². The molecular weight excluding hydrogens is 269 g/mol. The number of rotatable bonds is 4. The lowest BCUT2D eigenvalue weighted by Gasteiger charge is -2.10. The van der Waals surface area contributed by atoms with Gasteiger partial charge >= 0.3 is 6.18 Å². The van der Waals surface area contributed by atoms with E-state index in [9.17, 15) is 18.0 Å². The number of ketones is 1. The highest BCUT2D eigenvalue weighted by atomic mass is 19.4. The molecule has 0 saturated carbocycles. The van der Waals surface area contributed by atoms with E-state index < -0.39 is 24.8 Å². The number of benzene rings is 2. The van der Waals surface area contributed by atoms with E-state index in [0.29, 0.717) is 22.1 Å². The highest BCUT2D eigenvalue weighted by Gasteiger charge is 2.28. The first-order valence-electron chi connectivity index (χ1n) is 6.08. The van der Waals surface area contributed by atoms with E-state index in [2.05, 4.69) is 0 Å². The van der Waals surface area contributed by atoms with Gasteiger partial charge in [-0.25, -0.2) is 0 Å². The Morgan fingerprint density at radius 3 is 2.35 bits per heavy atom. The van der Waals surface area contributed by atoms with Gasteiger partial charge in [-0.2, -0.15) is 13.2 Å². The maximum atomic E-state index is 12.2. The molecule has 0 bridgehead atoms. The molecule has 106 valence electrons. The molecule has 0 amide bonds. The van der Waals surface area contributed by atoms with Gasteiger partial charge in [-0.15, -0.1) is 0 Å². The number of halogens is 3. The molecule has 0 saturated heterocycles. The van der Waals surface area contributed by atoms with Crippen molar-refractivity contribution >= 4 is 16.6 Å². The Hall–Kier alpha value is -2.04. The summed E-state index contributed by atoms with van der Waals surface area (Å²) in [6, 6.07) is 10.1. The van der Waals surface area contributed by atoms with Crippen molar-refractivity contribution in [2.75, 3.05) is 7.11 Å². The van der Waals surface area contributed by atoms with E-state index in [-0.39, 0.29) is 0 Å². The van der Waals surface area contributed by atoms with Crippen molar-refractivity contribution in [1.82, 2.24) is 0 Å². The first-order valence-corrected chi connectivity index (χ1v) is 6.08. The highest BCUT2D eigenvalue weighted by Crippen LogP contribution is 2.30. The van der Waals surface area contributed by atoms with E-state index in [1.54, 1.807) is 30.3 Å². The van der Waals surface area contributed by atoms with Crippen molar-refractivity contribution in [3.63, 3.8) is 0 Å². The Morgan fingerprint density at radius 1 is 1.10 bits per heavy atom. The van der Waals surface area contributed by atoms with Crippen molar-refractivity contribution in [2.24, 2.45) is 0 Å². The molecule has 0 aliphatic rings.